The van der Waals surface area contributed by atoms with Crippen molar-refractivity contribution in [1.82, 2.24) is 4.67 Å². The van der Waals surface area contributed by atoms with Crippen molar-refractivity contribution < 1.29 is 8.43 Å². The normalized spacial score (nSPS) is 13.2. The van der Waals surface area contributed by atoms with Crippen molar-refractivity contribution in [3.8, 4) is 0 Å². The maximum absolute atomic E-state index is 6.29. The van der Waals surface area contributed by atoms with Gasteiger partial charge in [-0.3, -0.25) is 0 Å². The smallest absolute Gasteiger partial charge is 0.237 e. The average molecular weight is 330 g/mol. The lowest BCUT2D eigenvalue weighted by molar-refractivity contribution is 0.382. The maximum Gasteiger partial charge on any atom is 0.237 e. The molecule has 0 atom stereocenters. The largest absolute Gasteiger partial charge is 0.365 e. The first-order valence-electron chi connectivity index (χ1n) is 7.00. The Kier molecular flexibility index (Phi) is 6.57. The van der Waals surface area contributed by atoms with Crippen molar-refractivity contribution in [2.24, 2.45) is 0 Å². The first kappa shape index (κ1) is 18.0. The Labute approximate surface area is 127 Å². The highest BCUT2D eigenvalue weighted by atomic mass is 31.2. The molecule has 0 aliphatic heterocycles. The predicted molar refractivity (Wildman–Crippen MR) is 93.7 cm³/mol. The molecule has 0 aromatic heterocycles. The SMILES string of the molecule is CN(Cc1ccccc1)P(O[Si](C)(C)C)O[Si](C)(C)C. The van der Waals surface area contributed by atoms with Crippen molar-refractivity contribution in [2.45, 2.75) is 45.8 Å². The van der Waals surface area contributed by atoms with Crippen LogP contribution in [0.15, 0.2) is 30.3 Å². The van der Waals surface area contributed by atoms with Gasteiger partial charge in [-0.1, -0.05) is 30.3 Å². The van der Waals surface area contributed by atoms with E-state index >= 15 is 0 Å². The summed E-state index contributed by atoms with van der Waals surface area (Å²) >= 11 is 0. The van der Waals surface area contributed by atoms with Gasteiger partial charge in [-0.25, -0.2) is 4.67 Å². The van der Waals surface area contributed by atoms with Gasteiger partial charge in [0.2, 0.25) is 8.53 Å². The zero-order valence-electron chi connectivity index (χ0n) is 13.8. The van der Waals surface area contributed by atoms with Crippen LogP contribution in [-0.2, 0) is 15.0 Å². The van der Waals surface area contributed by atoms with Gasteiger partial charge < -0.3 is 8.43 Å². The van der Waals surface area contributed by atoms with E-state index in [-0.39, 0.29) is 0 Å². The molecular weight excluding hydrogens is 301 g/mol. The van der Waals surface area contributed by atoms with Crippen LogP contribution < -0.4 is 0 Å². The van der Waals surface area contributed by atoms with Gasteiger partial charge in [0.1, 0.15) is 0 Å². The molecule has 1 aromatic carbocycles. The minimum Gasteiger partial charge on any atom is -0.365 e. The Hall–Kier alpha value is -0.0362. The van der Waals surface area contributed by atoms with E-state index in [1.807, 2.05) is 6.07 Å². The van der Waals surface area contributed by atoms with Crippen LogP contribution >= 0.6 is 8.53 Å². The van der Waals surface area contributed by atoms with Crippen molar-refractivity contribution >= 4 is 25.2 Å². The highest BCUT2D eigenvalue weighted by Crippen LogP contribution is 2.47. The molecule has 0 amide bonds. The third kappa shape index (κ3) is 7.67. The van der Waals surface area contributed by atoms with Gasteiger partial charge in [-0.2, -0.15) is 0 Å². The van der Waals surface area contributed by atoms with Crippen LogP contribution in [0.3, 0.4) is 0 Å². The second kappa shape index (κ2) is 7.29. The van der Waals surface area contributed by atoms with Crippen LogP contribution in [0.25, 0.3) is 0 Å². The Bertz CT molecular complexity index is 388. The highest BCUT2D eigenvalue weighted by Gasteiger charge is 2.31. The molecule has 0 bridgehead atoms. The summed E-state index contributed by atoms with van der Waals surface area (Å²) in [6, 6.07) is 10.5. The van der Waals surface area contributed by atoms with E-state index in [0.717, 1.165) is 6.54 Å². The maximum atomic E-state index is 6.29. The lowest BCUT2D eigenvalue weighted by atomic mass is 10.2. The second-order valence-electron chi connectivity index (χ2n) is 6.95. The Balaban J connectivity index is 2.76. The lowest BCUT2D eigenvalue weighted by Gasteiger charge is -2.35. The summed E-state index contributed by atoms with van der Waals surface area (Å²) in [6.07, 6.45) is 0. The molecule has 0 spiro atoms. The van der Waals surface area contributed by atoms with Gasteiger partial charge in [0.05, 0.1) is 0 Å². The van der Waals surface area contributed by atoms with E-state index in [1.54, 1.807) is 0 Å². The van der Waals surface area contributed by atoms with Crippen molar-refractivity contribution in [1.29, 1.82) is 0 Å². The lowest BCUT2D eigenvalue weighted by Crippen LogP contribution is -2.32. The van der Waals surface area contributed by atoms with Gasteiger partial charge in [0.15, 0.2) is 16.6 Å². The van der Waals surface area contributed by atoms with E-state index in [9.17, 15) is 0 Å². The third-order valence-corrected chi connectivity index (χ3v) is 8.57. The molecule has 20 heavy (non-hydrogen) atoms. The zero-order chi connectivity index (χ0) is 15.4. The van der Waals surface area contributed by atoms with Crippen LogP contribution in [0, 0.1) is 0 Å². The molecule has 3 nitrogen and oxygen atoms in total. The molecule has 0 unspecified atom stereocenters. The number of benzene rings is 1. The summed E-state index contributed by atoms with van der Waals surface area (Å²) in [5, 5.41) is 0. The van der Waals surface area contributed by atoms with Crippen LogP contribution in [0.1, 0.15) is 5.56 Å². The number of nitrogens with zero attached hydrogens (tertiary/aromatic N) is 1. The minimum absolute atomic E-state index is 0.863. The van der Waals surface area contributed by atoms with E-state index in [4.69, 9.17) is 8.43 Å². The Morgan fingerprint density at radius 1 is 0.900 bits per heavy atom. The molecule has 0 aliphatic rings. The average Bonchev–Trinajstić information content (AvgIpc) is 2.25. The van der Waals surface area contributed by atoms with Crippen LogP contribution in [0.5, 0.6) is 0 Å². The molecular formula is C14H28NO2PSi2. The van der Waals surface area contributed by atoms with Gasteiger partial charge in [0, 0.05) is 6.54 Å². The standard InChI is InChI=1S/C14H28NO2PSi2/c1-15(13-14-11-9-8-10-12-14)18(16-19(2,3)4)17-20(5,6)7/h8-12H,13H2,1-7H3. The topological polar surface area (TPSA) is 21.7 Å². The van der Waals surface area contributed by atoms with Gasteiger partial charge in [-0.05, 0) is 51.9 Å². The molecule has 0 heterocycles. The third-order valence-electron chi connectivity index (χ3n) is 2.24. The molecule has 0 aliphatic carbocycles. The first-order valence-corrected chi connectivity index (χ1v) is 14.9. The molecule has 0 N–H and O–H groups in total. The molecule has 1 rings (SSSR count). The molecule has 0 saturated carbocycles. The van der Waals surface area contributed by atoms with E-state index in [0.29, 0.717) is 0 Å². The second-order valence-corrected chi connectivity index (χ2v) is 18.0. The molecule has 1 aromatic rings. The Morgan fingerprint density at radius 2 is 1.35 bits per heavy atom. The van der Waals surface area contributed by atoms with Crippen LogP contribution in [0.2, 0.25) is 39.3 Å². The van der Waals surface area contributed by atoms with Crippen molar-refractivity contribution in [3.63, 3.8) is 0 Å². The molecule has 6 heteroatoms. The quantitative estimate of drug-likeness (QED) is 0.516. The van der Waals surface area contributed by atoms with Crippen LogP contribution in [0.4, 0.5) is 0 Å². The number of hydrogen-bond acceptors (Lipinski definition) is 3. The monoisotopic (exact) mass is 329 g/mol. The van der Waals surface area contributed by atoms with E-state index in [1.165, 1.54) is 5.56 Å². The fourth-order valence-corrected chi connectivity index (χ4v) is 7.16. The van der Waals surface area contributed by atoms with Gasteiger partial charge >= 0.3 is 0 Å². The van der Waals surface area contributed by atoms with E-state index < -0.39 is 25.2 Å². The molecule has 114 valence electrons. The van der Waals surface area contributed by atoms with Gasteiger partial charge in [-0.15, -0.1) is 0 Å². The number of hydrogen-bond donors (Lipinski definition) is 0. The summed E-state index contributed by atoms with van der Waals surface area (Å²) in [5.74, 6) is 0. The van der Waals surface area contributed by atoms with Crippen molar-refractivity contribution in [3.05, 3.63) is 35.9 Å². The van der Waals surface area contributed by atoms with E-state index in [2.05, 4.69) is 75.3 Å². The summed E-state index contributed by atoms with van der Waals surface area (Å²) in [7, 11) is -2.10. The summed E-state index contributed by atoms with van der Waals surface area (Å²) < 4.78 is 14.8. The zero-order valence-corrected chi connectivity index (χ0v) is 16.7. The number of rotatable bonds is 7. The summed E-state index contributed by atoms with van der Waals surface area (Å²) in [4.78, 5) is 0. The molecule has 0 radical (unpaired) electrons. The van der Waals surface area contributed by atoms with Crippen molar-refractivity contribution in [2.75, 3.05) is 7.05 Å². The fraction of sp³-hybridized carbons (Fsp3) is 0.571. The predicted octanol–water partition coefficient (Wildman–Crippen LogP) is 5.05. The summed E-state index contributed by atoms with van der Waals surface area (Å²) in [6.45, 7) is 14.1. The fourth-order valence-electron chi connectivity index (χ4n) is 1.53. The molecule has 0 saturated heterocycles. The Morgan fingerprint density at radius 3 is 1.75 bits per heavy atom. The molecule has 0 fully saturated rings. The minimum atomic E-state index is -1.62. The first-order chi connectivity index (χ1) is 9.07. The van der Waals surface area contributed by atoms with Crippen LogP contribution in [-0.4, -0.2) is 28.4 Å². The van der Waals surface area contributed by atoms with Gasteiger partial charge in [0.25, 0.3) is 0 Å². The summed E-state index contributed by atoms with van der Waals surface area (Å²) in [5.41, 5.74) is 1.29. The highest BCUT2D eigenvalue weighted by molar-refractivity contribution is 7.48.